The van der Waals surface area contributed by atoms with E-state index in [0.29, 0.717) is 0 Å². The van der Waals surface area contributed by atoms with Crippen molar-refractivity contribution in [2.24, 2.45) is 0 Å². The first kappa shape index (κ1) is 19.1. The van der Waals surface area contributed by atoms with E-state index < -0.39 is 0 Å². The van der Waals surface area contributed by atoms with Crippen LogP contribution in [0.15, 0.2) is 60.7 Å². The maximum absolute atomic E-state index is 2.20. The topological polar surface area (TPSA) is 0 Å². The van der Waals surface area contributed by atoms with Crippen molar-refractivity contribution in [1.29, 1.82) is 0 Å². The molecule has 0 atom stereocenters. The maximum atomic E-state index is 2.20. The van der Waals surface area contributed by atoms with Crippen LogP contribution in [0.1, 0.15) is 13.8 Å². The van der Waals surface area contributed by atoms with Gasteiger partial charge in [0.05, 0.1) is 0 Å². The first-order chi connectivity index (χ1) is 8.86. The molecule has 19 heavy (non-hydrogen) atoms. The molecule has 0 aliphatic carbocycles. The van der Waals surface area contributed by atoms with E-state index in [-0.39, 0.29) is 23.9 Å². The fourth-order valence-electron chi connectivity index (χ4n) is 1.38. The minimum atomic E-state index is 0. The average Bonchev–Trinajstić information content (AvgIpc) is 2.43. The number of rotatable bonds is 4. The third-order valence-electron chi connectivity index (χ3n) is 2.22. The number of hydrogen-bond donors (Lipinski definition) is 0. The zero-order valence-corrected chi connectivity index (χ0v) is 17.6. The van der Waals surface area contributed by atoms with Gasteiger partial charge in [0.1, 0.15) is 0 Å². The molecule has 2 aromatic rings. The molecule has 100 valence electrons. The molecule has 0 heterocycles. The molecule has 0 saturated heterocycles. The van der Waals surface area contributed by atoms with Gasteiger partial charge in [-0.05, 0) is 31.5 Å². The van der Waals surface area contributed by atoms with Crippen molar-refractivity contribution in [2.75, 3.05) is 12.3 Å². The predicted octanol–water partition coefficient (Wildman–Crippen LogP) is 3.64. The Kier molecular flexibility index (Phi) is 13.2. The zero-order valence-electron chi connectivity index (χ0n) is 11.8. The van der Waals surface area contributed by atoms with Gasteiger partial charge < -0.3 is 0 Å². The summed E-state index contributed by atoms with van der Waals surface area (Å²) in [6.07, 6.45) is 2.63. The van der Waals surface area contributed by atoms with E-state index in [0.717, 1.165) is 0 Å². The summed E-state index contributed by atoms with van der Waals surface area (Å²) >= 11 is 0. The van der Waals surface area contributed by atoms with Gasteiger partial charge in [-0.25, -0.2) is 0 Å². The van der Waals surface area contributed by atoms with Gasteiger partial charge in [0.15, 0.2) is 0 Å². The van der Waals surface area contributed by atoms with E-state index in [1.807, 2.05) is 12.1 Å². The third kappa shape index (κ3) is 9.60. The smallest absolute Gasteiger partial charge is 0.0100 e. The normalized spacial score (nSPS) is 8.95. The standard InChI is InChI=1S/C12H10P.C4H10P.Sn.2H/c1-3-7-11(8-4-1)13-12-9-5-2-6-10-12;1-3-5-4-2;;;/h1-10H;3-4H2,1-2H3;;;. The molecule has 0 fully saturated rings. The van der Waals surface area contributed by atoms with E-state index in [2.05, 4.69) is 62.4 Å². The van der Waals surface area contributed by atoms with Crippen molar-refractivity contribution >= 4 is 51.7 Å². The van der Waals surface area contributed by atoms with Crippen molar-refractivity contribution in [2.45, 2.75) is 13.8 Å². The molecule has 2 rings (SSSR count). The molecule has 0 amide bonds. The van der Waals surface area contributed by atoms with Gasteiger partial charge >= 0.3 is 23.9 Å². The molecular weight excluding hydrogens is 373 g/mol. The van der Waals surface area contributed by atoms with Crippen LogP contribution in [0.3, 0.4) is 0 Å². The quantitative estimate of drug-likeness (QED) is 0.548. The van der Waals surface area contributed by atoms with Gasteiger partial charge in [-0.1, -0.05) is 83.1 Å². The second kappa shape index (κ2) is 13.1. The van der Waals surface area contributed by atoms with Gasteiger partial charge in [-0.3, -0.25) is 0 Å². The van der Waals surface area contributed by atoms with Gasteiger partial charge in [0.25, 0.3) is 0 Å². The SMILES string of the molecule is CC[P]CC.[SnH2].c1ccc([P]c2ccccc2)cc1. The number of benzene rings is 2. The Morgan fingerprint density at radius 3 is 1.32 bits per heavy atom. The molecular formula is C16H22P2Sn. The summed E-state index contributed by atoms with van der Waals surface area (Å²) in [7, 11) is 2.86. The Labute approximate surface area is 138 Å². The van der Waals surface area contributed by atoms with E-state index in [1.165, 1.54) is 31.5 Å². The van der Waals surface area contributed by atoms with Gasteiger partial charge in [0.2, 0.25) is 0 Å². The molecule has 2 aromatic carbocycles. The van der Waals surface area contributed by atoms with E-state index in [4.69, 9.17) is 0 Å². The Bertz CT molecular complexity index is 364. The van der Waals surface area contributed by atoms with Crippen molar-refractivity contribution in [3.63, 3.8) is 0 Å². The fraction of sp³-hybridized carbons (Fsp3) is 0.250. The van der Waals surface area contributed by atoms with Crippen LogP contribution in [0, 0.1) is 0 Å². The third-order valence-corrected chi connectivity index (χ3v) is 4.22. The first-order valence-corrected chi connectivity index (χ1v) is 8.47. The maximum Gasteiger partial charge on any atom is -0.0100 e. The predicted molar refractivity (Wildman–Crippen MR) is 95.6 cm³/mol. The molecule has 3 heteroatoms. The molecule has 0 spiro atoms. The first-order valence-electron chi connectivity index (χ1n) is 6.32. The molecule has 0 nitrogen and oxygen atoms in total. The van der Waals surface area contributed by atoms with Crippen LogP contribution < -0.4 is 10.6 Å². The summed E-state index contributed by atoms with van der Waals surface area (Å²) in [5, 5.41) is 2.68. The van der Waals surface area contributed by atoms with Crippen molar-refractivity contribution in [3.8, 4) is 0 Å². The van der Waals surface area contributed by atoms with Gasteiger partial charge in [-0.15, -0.1) is 0 Å². The van der Waals surface area contributed by atoms with E-state index in [1.54, 1.807) is 8.58 Å². The summed E-state index contributed by atoms with van der Waals surface area (Å²) in [5.41, 5.74) is 0. The summed E-state index contributed by atoms with van der Waals surface area (Å²) < 4.78 is 0. The van der Waals surface area contributed by atoms with Crippen LogP contribution >= 0.6 is 17.2 Å². The van der Waals surface area contributed by atoms with E-state index >= 15 is 0 Å². The molecule has 0 N–H and O–H groups in total. The van der Waals surface area contributed by atoms with Crippen LogP contribution in [0.5, 0.6) is 0 Å². The monoisotopic (exact) mass is 396 g/mol. The summed E-state index contributed by atoms with van der Waals surface area (Å²) in [6.45, 7) is 4.40. The Morgan fingerprint density at radius 2 is 1.05 bits per heavy atom. The van der Waals surface area contributed by atoms with Crippen LogP contribution in [-0.4, -0.2) is 36.2 Å². The second-order valence-corrected chi connectivity index (χ2v) is 6.61. The number of hydrogen-bond acceptors (Lipinski definition) is 0. The molecule has 4 radical (unpaired) electrons. The Hall–Kier alpha value is 0.0987. The van der Waals surface area contributed by atoms with E-state index in [9.17, 15) is 0 Å². The van der Waals surface area contributed by atoms with Gasteiger partial charge in [0, 0.05) is 0 Å². The molecule has 0 unspecified atom stereocenters. The minimum Gasteiger partial charge on any atom is -0.0622 e. The van der Waals surface area contributed by atoms with Crippen LogP contribution in [0.4, 0.5) is 0 Å². The fourth-order valence-corrected chi connectivity index (χ4v) is 2.77. The van der Waals surface area contributed by atoms with Crippen LogP contribution in [0.2, 0.25) is 0 Å². The largest absolute Gasteiger partial charge is 0.0622 e. The van der Waals surface area contributed by atoms with Gasteiger partial charge in [-0.2, -0.15) is 0 Å². The second-order valence-electron chi connectivity index (χ2n) is 3.64. The summed E-state index contributed by atoms with van der Waals surface area (Å²) in [5.74, 6) is 0. The van der Waals surface area contributed by atoms with Crippen LogP contribution in [0.25, 0.3) is 0 Å². The van der Waals surface area contributed by atoms with Crippen LogP contribution in [-0.2, 0) is 0 Å². The van der Waals surface area contributed by atoms with Crippen molar-refractivity contribution in [3.05, 3.63) is 60.7 Å². The van der Waals surface area contributed by atoms with Crippen molar-refractivity contribution < 1.29 is 0 Å². The van der Waals surface area contributed by atoms with Crippen molar-refractivity contribution in [1.82, 2.24) is 0 Å². The molecule has 0 aliphatic rings. The minimum absolute atomic E-state index is 0. The zero-order chi connectivity index (χ0) is 13.1. The molecule has 0 aliphatic heterocycles. The molecule has 0 aromatic heterocycles. The Morgan fingerprint density at radius 1 is 0.684 bits per heavy atom. The Balaban J connectivity index is 0.000000471. The summed E-state index contributed by atoms with van der Waals surface area (Å²) in [6, 6.07) is 21.0. The molecule has 0 bridgehead atoms. The average molecular weight is 395 g/mol. The molecule has 0 saturated carbocycles. The summed E-state index contributed by atoms with van der Waals surface area (Å²) in [4.78, 5) is 0.